The molecule has 0 fully saturated rings. The Morgan fingerprint density at radius 1 is 1.26 bits per heavy atom. The van der Waals surface area contributed by atoms with E-state index in [9.17, 15) is 4.79 Å². The van der Waals surface area contributed by atoms with Crippen molar-refractivity contribution in [2.45, 2.75) is 6.92 Å². The summed E-state index contributed by atoms with van der Waals surface area (Å²) in [6, 6.07) is 4.95. The van der Waals surface area contributed by atoms with Crippen LogP contribution in [-0.2, 0) is 0 Å². The van der Waals surface area contributed by atoms with Gasteiger partial charge in [-0.3, -0.25) is 4.79 Å². The molecule has 0 bridgehead atoms. The lowest BCUT2D eigenvalue weighted by atomic mass is 10.1. The van der Waals surface area contributed by atoms with Gasteiger partial charge in [0.2, 0.25) is 0 Å². The van der Waals surface area contributed by atoms with Gasteiger partial charge in [0, 0.05) is 11.3 Å². The minimum absolute atomic E-state index is 0.0838. The van der Waals surface area contributed by atoms with Crippen LogP contribution in [0, 0.1) is 6.92 Å². The largest absolute Gasteiger partial charge is 0.399 e. The third-order valence-corrected chi connectivity index (χ3v) is 3.10. The molecule has 0 radical (unpaired) electrons. The Balaban J connectivity index is 2.28. The molecule has 1 amide bonds. The Morgan fingerprint density at radius 2 is 1.89 bits per heavy atom. The minimum Gasteiger partial charge on any atom is -0.399 e. The highest BCUT2D eigenvalue weighted by molar-refractivity contribution is 6.38. The maximum absolute atomic E-state index is 12.1. The summed E-state index contributed by atoms with van der Waals surface area (Å²) in [4.78, 5) is 19.6. The van der Waals surface area contributed by atoms with Gasteiger partial charge < -0.3 is 11.1 Å². The quantitative estimate of drug-likeness (QED) is 0.659. The van der Waals surface area contributed by atoms with E-state index in [4.69, 9.17) is 28.9 Å². The first-order valence-electron chi connectivity index (χ1n) is 5.32. The van der Waals surface area contributed by atoms with Gasteiger partial charge in [0.15, 0.2) is 10.3 Å². The van der Waals surface area contributed by atoms with Crippen molar-refractivity contribution >= 4 is 40.5 Å². The molecule has 1 aromatic heterocycles. The maximum atomic E-state index is 12.1. The van der Waals surface area contributed by atoms with Crippen LogP contribution >= 0.6 is 23.2 Å². The van der Waals surface area contributed by atoms with Gasteiger partial charge >= 0.3 is 0 Å². The number of benzene rings is 1. The second-order valence-electron chi connectivity index (χ2n) is 3.86. The third-order valence-electron chi connectivity index (χ3n) is 2.53. The Kier molecular flexibility index (Phi) is 3.87. The summed E-state index contributed by atoms with van der Waals surface area (Å²) in [5.41, 5.74) is 7.76. The highest BCUT2D eigenvalue weighted by Crippen LogP contribution is 2.26. The zero-order valence-electron chi connectivity index (χ0n) is 9.95. The molecule has 0 atom stereocenters. The summed E-state index contributed by atoms with van der Waals surface area (Å²) in [5.74, 6) is -0.360. The molecule has 19 heavy (non-hydrogen) atoms. The molecule has 0 aliphatic heterocycles. The van der Waals surface area contributed by atoms with Crippen LogP contribution in [0.25, 0.3) is 0 Å². The average Bonchev–Trinajstić information content (AvgIpc) is 2.37. The number of anilines is 2. The standard InChI is InChI=1S/C12H10Cl2N4O/c1-6-4-7(2-3-8(6)15)12(19)18-9-10(13)16-5-17-11(9)14/h2-5H,15H2,1H3,(H,18,19). The van der Waals surface area contributed by atoms with Gasteiger partial charge in [-0.1, -0.05) is 23.2 Å². The van der Waals surface area contributed by atoms with E-state index in [2.05, 4.69) is 15.3 Å². The predicted octanol–water partition coefficient (Wildman–Crippen LogP) is 2.93. The van der Waals surface area contributed by atoms with E-state index in [1.807, 2.05) is 6.92 Å². The van der Waals surface area contributed by atoms with Crippen molar-refractivity contribution in [2.75, 3.05) is 11.1 Å². The zero-order valence-corrected chi connectivity index (χ0v) is 11.5. The molecule has 3 N–H and O–H groups in total. The lowest BCUT2D eigenvalue weighted by Gasteiger charge is -2.08. The van der Waals surface area contributed by atoms with E-state index in [1.54, 1.807) is 18.2 Å². The molecule has 7 heteroatoms. The van der Waals surface area contributed by atoms with Crippen LogP contribution in [0.15, 0.2) is 24.5 Å². The fraction of sp³-hybridized carbons (Fsp3) is 0.0833. The Hall–Kier alpha value is -1.85. The van der Waals surface area contributed by atoms with Crippen LogP contribution in [0.3, 0.4) is 0 Å². The number of nitrogens with one attached hydrogen (secondary N) is 1. The Morgan fingerprint density at radius 3 is 2.47 bits per heavy atom. The number of aryl methyl sites for hydroxylation is 1. The predicted molar refractivity (Wildman–Crippen MR) is 75.6 cm³/mol. The number of nitrogens with zero attached hydrogens (tertiary/aromatic N) is 2. The SMILES string of the molecule is Cc1cc(C(=O)Nc2c(Cl)ncnc2Cl)ccc1N. The summed E-state index contributed by atoms with van der Waals surface area (Å²) in [6.07, 6.45) is 1.22. The first-order valence-corrected chi connectivity index (χ1v) is 6.08. The molecule has 1 aromatic carbocycles. The number of rotatable bonds is 2. The van der Waals surface area contributed by atoms with Crippen LogP contribution in [-0.4, -0.2) is 15.9 Å². The van der Waals surface area contributed by atoms with E-state index in [1.165, 1.54) is 6.33 Å². The number of hydrogen-bond donors (Lipinski definition) is 2. The van der Waals surface area contributed by atoms with Crippen LogP contribution in [0.4, 0.5) is 11.4 Å². The Labute approximate surface area is 119 Å². The van der Waals surface area contributed by atoms with E-state index >= 15 is 0 Å². The number of nitrogens with two attached hydrogens (primary N) is 1. The maximum Gasteiger partial charge on any atom is 0.255 e. The number of carbonyl (C=O) groups excluding carboxylic acids is 1. The minimum atomic E-state index is -0.360. The summed E-state index contributed by atoms with van der Waals surface area (Å²) < 4.78 is 0. The summed E-state index contributed by atoms with van der Waals surface area (Å²) in [5, 5.41) is 2.74. The highest BCUT2D eigenvalue weighted by Gasteiger charge is 2.13. The smallest absolute Gasteiger partial charge is 0.255 e. The second-order valence-corrected chi connectivity index (χ2v) is 4.57. The molecule has 98 valence electrons. The van der Waals surface area contributed by atoms with Gasteiger partial charge in [0.1, 0.15) is 12.0 Å². The van der Waals surface area contributed by atoms with E-state index in [0.717, 1.165) is 5.56 Å². The van der Waals surface area contributed by atoms with Crippen molar-refractivity contribution < 1.29 is 4.79 Å². The topological polar surface area (TPSA) is 80.9 Å². The molecule has 1 heterocycles. The summed E-state index contributed by atoms with van der Waals surface area (Å²) in [7, 11) is 0. The molecule has 0 aliphatic carbocycles. The molecule has 2 rings (SSSR count). The van der Waals surface area contributed by atoms with Crippen LogP contribution in [0.5, 0.6) is 0 Å². The van der Waals surface area contributed by atoms with Crippen molar-refractivity contribution in [1.82, 2.24) is 9.97 Å². The van der Waals surface area contributed by atoms with Gasteiger partial charge in [-0.25, -0.2) is 9.97 Å². The number of hydrogen-bond acceptors (Lipinski definition) is 4. The van der Waals surface area contributed by atoms with Gasteiger partial charge in [-0.2, -0.15) is 0 Å². The molecule has 0 spiro atoms. The van der Waals surface area contributed by atoms with Crippen LogP contribution < -0.4 is 11.1 Å². The van der Waals surface area contributed by atoms with Crippen molar-refractivity contribution in [3.8, 4) is 0 Å². The first kappa shape index (κ1) is 13.6. The third kappa shape index (κ3) is 2.94. The molecule has 0 saturated carbocycles. The van der Waals surface area contributed by atoms with E-state index in [-0.39, 0.29) is 21.9 Å². The van der Waals surface area contributed by atoms with E-state index in [0.29, 0.717) is 11.3 Å². The normalized spacial score (nSPS) is 10.3. The van der Waals surface area contributed by atoms with Crippen LogP contribution in [0.2, 0.25) is 10.3 Å². The van der Waals surface area contributed by atoms with Gasteiger partial charge in [-0.05, 0) is 30.7 Å². The van der Waals surface area contributed by atoms with Crippen LogP contribution in [0.1, 0.15) is 15.9 Å². The lowest BCUT2D eigenvalue weighted by Crippen LogP contribution is -2.13. The molecule has 0 saturated heterocycles. The van der Waals surface area contributed by atoms with Crippen molar-refractivity contribution in [2.24, 2.45) is 0 Å². The summed E-state index contributed by atoms with van der Waals surface area (Å²) in [6.45, 7) is 1.82. The number of amides is 1. The monoisotopic (exact) mass is 296 g/mol. The van der Waals surface area contributed by atoms with Crippen molar-refractivity contribution in [1.29, 1.82) is 0 Å². The van der Waals surface area contributed by atoms with Crippen molar-refractivity contribution in [3.63, 3.8) is 0 Å². The average molecular weight is 297 g/mol. The highest BCUT2D eigenvalue weighted by atomic mass is 35.5. The fourth-order valence-electron chi connectivity index (χ4n) is 1.45. The number of halogens is 2. The van der Waals surface area contributed by atoms with Gasteiger partial charge in [-0.15, -0.1) is 0 Å². The number of carbonyl (C=O) groups is 1. The zero-order chi connectivity index (χ0) is 14.0. The molecule has 0 aliphatic rings. The molecule has 0 unspecified atom stereocenters. The van der Waals surface area contributed by atoms with Crippen molar-refractivity contribution in [3.05, 3.63) is 46.0 Å². The fourth-order valence-corrected chi connectivity index (χ4v) is 1.86. The first-order chi connectivity index (χ1) is 8.99. The molecule has 5 nitrogen and oxygen atoms in total. The van der Waals surface area contributed by atoms with Gasteiger partial charge in [0.05, 0.1) is 0 Å². The second kappa shape index (κ2) is 5.42. The number of aromatic nitrogens is 2. The molecular weight excluding hydrogens is 287 g/mol. The summed E-state index contributed by atoms with van der Waals surface area (Å²) >= 11 is 11.7. The Bertz CT molecular complexity index is 625. The molecule has 2 aromatic rings. The molecular formula is C12H10Cl2N4O. The van der Waals surface area contributed by atoms with Gasteiger partial charge in [0.25, 0.3) is 5.91 Å². The number of nitrogen functional groups attached to an aromatic ring is 1. The van der Waals surface area contributed by atoms with E-state index < -0.39 is 0 Å². The lowest BCUT2D eigenvalue weighted by molar-refractivity contribution is 0.102.